The van der Waals surface area contributed by atoms with Gasteiger partial charge in [0.25, 0.3) is 5.56 Å². The standard InChI is InChI=1S/C26H31N5O3/c1-2-30-25(33)23(24(27)31(26(30)34)18-19-11-5-3-6-12-19)22(32)17-28-20-13-7-8-14-21(20)29-15-9-4-10-16-29/h3,5-8,11-14,28H,2,4,9-10,15-18,27H2,1H3. The minimum Gasteiger partial charge on any atom is -0.384 e. The number of Topliss-reactive ketones (excluding diaryl/α,β-unsaturated/α-hetero) is 1. The molecule has 34 heavy (non-hydrogen) atoms. The minimum absolute atomic E-state index is 0.0975. The van der Waals surface area contributed by atoms with E-state index in [1.807, 2.05) is 54.6 Å². The van der Waals surface area contributed by atoms with Gasteiger partial charge in [0.15, 0.2) is 5.78 Å². The summed E-state index contributed by atoms with van der Waals surface area (Å²) < 4.78 is 2.36. The molecular formula is C26H31N5O3. The lowest BCUT2D eigenvalue weighted by atomic mass is 10.1. The predicted molar refractivity (Wildman–Crippen MR) is 136 cm³/mol. The van der Waals surface area contributed by atoms with Crippen molar-refractivity contribution in [3.8, 4) is 0 Å². The second-order valence-electron chi connectivity index (χ2n) is 8.51. The van der Waals surface area contributed by atoms with Gasteiger partial charge < -0.3 is 16.0 Å². The highest BCUT2D eigenvalue weighted by molar-refractivity contribution is 6.02. The van der Waals surface area contributed by atoms with Crippen molar-refractivity contribution < 1.29 is 4.79 Å². The van der Waals surface area contributed by atoms with Crippen LogP contribution in [-0.4, -0.2) is 34.6 Å². The Kier molecular flexibility index (Phi) is 7.15. The van der Waals surface area contributed by atoms with Gasteiger partial charge in [0.2, 0.25) is 0 Å². The molecule has 0 bridgehead atoms. The molecule has 2 heterocycles. The molecule has 1 aliphatic heterocycles. The van der Waals surface area contributed by atoms with E-state index in [1.54, 1.807) is 6.92 Å². The summed E-state index contributed by atoms with van der Waals surface area (Å²) >= 11 is 0. The second-order valence-corrected chi connectivity index (χ2v) is 8.51. The molecule has 3 N–H and O–H groups in total. The maximum absolute atomic E-state index is 13.2. The first-order chi connectivity index (χ1) is 16.5. The van der Waals surface area contributed by atoms with E-state index in [0.29, 0.717) is 0 Å². The van der Waals surface area contributed by atoms with Gasteiger partial charge in [0.1, 0.15) is 11.4 Å². The summed E-state index contributed by atoms with van der Waals surface area (Å²) in [7, 11) is 0. The van der Waals surface area contributed by atoms with Crippen LogP contribution >= 0.6 is 0 Å². The molecule has 1 aromatic heterocycles. The molecule has 0 saturated carbocycles. The number of aromatic nitrogens is 2. The zero-order chi connectivity index (χ0) is 24.1. The van der Waals surface area contributed by atoms with Crippen molar-refractivity contribution >= 4 is 23.0 Å². The number of benzene rings is 2. The van der Waals surface area contributed by atoms with E-state index >= 15 is 0 Å². The van der Waals surface area contributed by atoms with Crippen LogP contribution in [0.15, 0.2) is 64.2 Å². The van der Waals surface area contributed by atoms with Crippen molar-refractivity contribution in [2.75, 3.05) is 35.6 Å². The number of hydrogen-bond donors (Lipinski definition) is 2. The summed E-state index contributed by atoms with van der Waals surface area (Å²) in [6.45, 7) is 3.89. The van der Waals surface area contributed by atoms with E-state index < -0.39 is 17.0 Å². The van der Waals surface area contributed by atoms with E-state index in [9.17, 15) is 14.4 Å². The summed E-state index contributed by atoms with van der Waals surface area (Å²) in [6.07, 6.45) is 3.51. The van der Waals surface area contributed by atoms with Crippen LogP contribution in [0.25, 0.3) is 0 Å². The van der Waals surface area contributed by atoms with Crippen LogP contribution in [0.3, 0.4) is 0 Å². The lowest BCUT2D eigenvalue weighted by Crippen LogP contribution is -2.44. The molecule has 0 amide bonds. The summed E-state index contributed by atoms with van der Waals surface area (Å²) in [4.78, 5) is 41.5. The second kappa shape index (κ2) is 10.4. The number of hydrogen-bond acceptors (Lipinski definition) is 6. The zero-order valence-electron chi connectivity index (χ0n) is 19.5. The molecule has 8 nitrogen and oxygen atoms in total. The van der Waals surface area contributed by atoms with Gasteiger partial charge >= 0.3 is 5.69 Å². The highest BCUT2D eigenvalue weighted by Crippen LogP contribution is 2.28. The third-order valence-electron chi connectivity index (χ3n) is 6.29. The first-order valence-electron chi connectivity index (χ1n) is 11.8. The van der Waals surface area contributed by atoms with Crippen LogP contribution in [0.5, 0.6) is 0 Å². The molecule has 0 unspecified atom stereocenters. The van der Waals surface area contributed by atoms with Gasteiger partial charge in [-0.15, -0.1) is 0 Å². The van der Waals surface area contributed by atoms with Crippen molar-refractivity contribution in [2.24, 2.45) is 0 Å². The van der Waals surface area contributed by atoms with Crippen molar-refractivity contribution in [2.45, 2.75) is 39.3 Å². The Morgan fingerprint density at radius 2 is 1.62 bits per heavy atom. The number of nitrogens with one attached hydrogen (secondary N) is 1. The van der Waals surface area contributed by atoms with Crippen molar-refractivity contribution in [1.82, 2.24) is 9.13 Å². The summed E-state index contributed by atoms with van der Waals surface area (Å²) in [5, 5.41) is 3.20. The predicted octanol–water partition coefficient (Wildman–Crippen LogP) is 2.95. The van der Waals surface area contributed by atoms with E-state index in [0.717, 1.165) is 47.4 Å². The molecular weight excluding hydrogens is 430 g/mol. The van der Waals surface area contributed by atoms with Gasteiger partial charge in [0, 0.05) is 19.6 Å². The Hall–Kier alpha value is -3.81. The Bertz CT molecular complexity index is 1270. The minimum atomic E-state index is -0.648. The topological polar surface area (TPSA) is 102 Å². The first kappa shape index (κ1) is 23.4. The van der Waals surface area contributed by atoms with E-state index in [2.05, 4.69) is 10.2 Å². The quantitative estimate of drug-likeness (QED) is 0.500. The third kappa shape index (κ3) is 4.76. The van der Waals surface area contributed by atoms with E-state index in [4.69, 9.17) is 5.73 Å². The fourth-order valence-electron chi connectivity index (χ4n) is 4.47. The normalized spacial score (nSPS) is 13.6. The van der Waals surface area contributed by atoms with E-state index in [1.165, 1.54) is 11.0 Å². The first-order valence-corrected chi connectivity index (χ1v) is 11.8. The molecule has 0 spiro atoms. The molecule has 1 aliphatic rings. The number of anilines is 3. The number of carbonyl (C=O) groups excluding carboxylic acids is 1. The third-order valence-corrected chi connectivity index (χ3v) is 6.29. The molecule has 1 saturated heterocycles. The average Bonchev–Trinajstić information content (AvgIpc) is 2.87. The number of nitrogens with two attached hydrogens (primary N) is 1. The molecule has 8 heteroatoms. The lowest BCUT2D eigenvalue weighted by molar-refractivity contribution is 0.100. The van der Waals surface area contributed by atoms with Crippen LogP contribution in [0.1, 0.15) is 42.1 Å². The number of rotatable bonds is 8. The SMILES string of the molecule is CCn1c(=O)c(C(=O)CNc2ccccc2N2CCCCC2)c(N)n(Cc2ccccc2)c1=O. The number of carbonyl (C=O) groups is 1. The van der Waals surface area contributed by atoms with Crippen LogP contribution in [0.4, 0.5) is 17.2 Å². The molecule has 3 aromatic rings. The maximum Gasteiger partial charge on any atom is 0.332 e. The highest BCUT2D eigenvalue weighted by atomic mass is 16.2. The van der Waals surface area contributed by atoms with Gasteiger partial charge in [-0.2, -0.15) is 0 Å². The fourth-order valence-corrected chi connectivity index (χ4v) is 4.47. The molecule has 0 radical (unpaired) electrons. The zero-order valence-corrected chi connectivity index (χ0v) is 19.5. The van der Waals surface area contributed by atoms with Gasteiger partial charge in [0.05, 0.1) is 24.5 Å². The van der Waals surface area contributed by atoms with Gasteiger partial charge in [-0.05, 0) is 43.9 Å². The largest absolute Gasteiger partial charge is 0.384 e. The smallest absolute Gasteiger partial charge is 0.332 e. The number of nitrogen functional groups attached to an aromatic ring is 1. The van der Waals surface area contributed by atoms with Crippen molar-refractivity contribution in [3.05, 3.63) is 86.6 Å². The van der Waals surface area contributed by atoms with Gasteiger partial charge in [-0.25, -0.2) is 4.79 Å². The lowest BCUT2D eigenvalue weighted by Gasteiger charge is -2.30. The Balaban J connectivity index is 1.63. The molecule has 2 aromatic carbocycles. The summed E-state index contributed by atoms with van der Waals surface area (Å²) in [6, 6.07) is 17.2. The van der Waals surface area contributed by atoms with Gasteiger partial charge in [-0.1, -0.05) is 42.5 Å². The number of para-hydroxylation sites is 2. The van der Waals surface area contributed by atoms with Crippen LogP contribution in [0.2, 0.25) is 0 Å². The van der Waals surface area contributed by atoms with Gasteiger partial charge in [-0.3, -0.25) is 18.7 Å². The van der Waals surface area contributed by atoms with Crippen molar-refractivity contribution in [1.29, 1.82) is 0 Å². The Labute approximate surface area is 198 Å². The molecule has 4 rings (SSSR count). The number of nitrogens with zero attached hydrogens (tertiary/aromatic N) is 3. The molecule has 0 atom stereocenters. The monoisotopic (exact) mass is 461 g/mol. The number of piperidine rings is 1. The van der Waals surface area contributed by atoms with Crippen LogP contribution < -0.4 is 27.2 Å². The number of ketones is 1. The maximum atomic E-state index is 13.2. The van der Waals surface area contributed by atoms with Crippen LogP contribution in [-0.2, 0) is 13.1 Å². The molecule has 178 valence electrons. The Morgan fingerprint density at radius 3 is 2.32 bits per heavy atom. The average molecular weight is 462 g/mol. The fraction of sp³-hybridized carbons (Fsp3) is 0.346. The summed E-state index contributed by atoms with van der Waals surface area (Å²) in [5.41, 5.74) is 7.68. The Morgan fingerprint density at radius 1 is 0.941 bits per heavy atom. The van der Waals surface area contributed by atoms with E-state index in [-0.39, 0.29) is 31.0 Å². The highest BCUT2D eigenvalue weighted by Gasteiger charge is 2.23. The van der Waals surface area contributed by atoms with Crippen LogP contribution in [0, 0.1) is 0 Å². The van der Waals surface area contributed by atoms with Crippen molar-refractivity contribution in [3.63, 3.8) is 0 Å². The summed E-state index contributed by atoms with van der Waals surface area (Å²) in [5.74, 6) is -0.542. The molecule has 1 fully saturated rings. The molecule has 0 aliphatic carbocycles.